The molecule has 0 bridgehead atoms. The van der Waals surface area contributed by atoms with Crippen molar-refractivity contribution in [1.82, 2.24) is 30.8 Å². The molecule has 1 aliphatic heterocycles. The number of aliphatic hydroxyl groups is 1. The number of piperidine rings is 1. The minimum atomic E-state index is -1.01. The highest BCUT2D eigenvalue weighted by Gasteiger charge is 2.38. The SMILES string of the molecule is CC(C)[C@H](NC(=O)c1ccc2ccccc2n1)C(=O)N[C@@H](Cc1ccccc1)[C@H](O)CN1CC[C@@H](Sc2ccccn2)C[C@H]1C(=O)NC(C)(C)C. The summed E-state index contributed by atoms with van der Waals surface area (Å²) in [6.07, 6.45) is 2.53. The molecule has 5 atom stereocenters. The molecule has 3 amide bonds. The number of para-hydroxylation sites is 1. The highest BCUT2D eigenvalue weighted by Crippen LogP contribution is 2.32. The van der Waals surface area contributed by atoms with E-state index in [-0.39, 0.29) is 29.3 Å². The number of rotatable bonds is 13. The Balaban J connectivity index is 1.33. The topological polar surface area (TPSA) is 137 Å². The van der Waals surface area contributed by atoms with Gasteiger partial charge in [0.2, 0.25) is 11.8 Å². The lowest BCUT2D eigenvalue weighted by Gasteiger charge is -2.41. The number of nitrogens with one attached hydrogen (secondary N) is 3. The summed E-state index contributed by atoms with van der Waals surface area (Å²) < 4.78 is 0. The van der Waals surface area contributed by atoms with Crippen LogP contribution in [0.5, 0.6) is 0 Å². The molecule has 1 fully saturated rings. The highest BCUT2D eigenvalue weighted by molar-refractivity contribution is 7.99. The molecule has 4 aromatic rings. The monoisotopic (exact) mass is 710 g/mol. The number of aliphatic hydroxyl groups excluding tert-OH is 1. The van der Waals surface area contributed by atoms with E-state index in [1.54, 1.807) is 24.0 Å². The van der Waals surface area contributed by atoms with Crippen LogP contribution >= 0.6 is 11.8 Å². The molecule has 3 heterocycles. The number of hydrogen-bond acceptors (Lipinski definition) is 8. The van der Waals surface area contributed by atoms with Crippen molar-refractivity contribution in [2.45, 2.75) is 93.9 Å². The largest absolute Gasteiger partial charge is 0.390 e. The van der Waals surface area contributed by atoms with Crippen molar-refractivity contribution in [1.29, 1.82) is 0 Å². The number of carbonyl (C=O) groups is 3. The van der Waals surface area contributed by atoms with Crippen LogP contribution in [0.15, 0.2) is 96.2 Å². The zero-order valence-electron chi connectivity index (χ0n) is 30.1. The van der Waals surface area contributed by atoms with E-state index in [4.69, 9.17) is 0 Å². The fourth-order valence-electron chi connectivity index (χ4n) is 6.35. The summed E-state index contributed by atoms with van der Waals surface area (Å²) in [7, 11) is 0. The lowest BCUT2D eigenvalue weighted by Crippen LogP contribution is -2.60. The van der Waals surface area contributed by atoms with E-state index in [1.807, 2.05) is 118 Å². The minimum absolute atomic E-state index is 0.0884. The van der Waals surface area contributed by atoms with E-state index in [0.29, 0.717) is 24.9 Å². The molecule has 10 nitrogen and oxygen atoms in total. The predicted molar refractivity (Wildman–Crippen MR) is 202 cm³/mol. The third-order valence-corrected chi connectivity index (χ3v) is 10.2. The molecule has 2 aromatic heterocycles. The Morgan fingerprint density at radius 3 is 2.37 bits per heavy atom. The quantitative estimate of drug-likeness (QED) is 0.152. The average molecular weight is 711 g/mol. The molecular formula is C40H50N6O4S. The second kappa shape index (κ2) is 17.3. The summed E-state index contributed by atoms with van der Waals surface area (Å²) in [4.78, 5) is 52.1. The predicted octanol–water partition coefficient (Wildman–Crippen LogP) is 5.01. The van der Waals surface area contributed by atoms with E-state index in [9.17, 15) is 19.5 Å². The van der Waals surface area contributed by atoms with Gasteiger partial charge in [0.25, 0.3) is 5.91 Å². The number of β-amino-alcohol motifs (C(OH)–C–C–N with tert-alkyl or cyclic N) is 1. The van der Waals surface area contributed by atoms with Crippen molar-refractivity contribution in [3.63, 3.8) is 0 Å². The molecule has 1 aliphatic rings. The van der Waals surface area contributed by atoms with Gasteiger partial charge in [-0.25, -0.2) is 9.97 Å². The zero-order chi connectivity index (χ0) is 36.5. The third-order valence-electron chi connectivity index (χ3n) is 8.97. The highest BCUT2D eigenvalue weighted by atomic mass is 32.2. The lowest BCUT2D eigenvalue weighted by atomic mass is 9.95. The summed E-state index contributed by atoms with van der Waals surface area (Å²) >= 11 is 1.67. The second-order valence-corrected chi connectivity index (χ2v) is 16.0. The first kappa shape index (κ1) is 37.9. The number of hydrogen-bond donors (Lipinski definition) is 4. The van der Waals surface area contributed by atoms with E-state index in [0.717, 1.165) is 22.4 Å². The third kappa shape index (κ3) is 10.8. The van der Waals surface area contributed by atoms with Crippen LogP contribution in [0.25, 0.3) is 10.9 Å². The smallest absolute Gasteiger partial charge is 0.270 e. The fourth-order valence-corrected chi connectivity index (χ4v) is 7.48. The van der Waals surface area contributed by atoms with Gasteiger partial charge in [0.15, 0.2) is 0 Å². The van der Waals surface area contributed by atoms with Gasteiger partial charge in [-0.3, -0.25) is 19.3 Å². The number of carbonyl (C=O) groups excluding carboxylic acids is 3. The molecule has 270 valence electrons. The number of benzene rings is 2. The van der Waals surface area contributed by atoms with Gasteiger partial charge in [0.05, 0.1) is 28.7 Å². The molecule has 51 heavy (non-hydrogen) atoms. The number of amides is 3. The number of pyridine rings is 2. The number of fused-ring (bicyclic) bond motifs is 1. The van der Waals surface area contributed by atoms with Gasteiger partial charge in [-0.05, 0) is 75.8 Å². The Labute approximate surface area is 305 Å². The first-order valence-corrected chi connectivity index (χ1v) is 18.6. The standard InChI is InChI=1S/C40H50N6O4S/c1-26(2)36(44-37(48)31-19-18-28-15-9-10-16-30(28)42-31)39(50)43-32(23-27-13-7-6-8-14-27)34(47)25-46-22-20-29(51-35-17-11-12-21-41-35)24-33(46)38(49)45-40(3,4)5/h6-19,21,26,29,32-34,36,47H,20,22-25H2,1-5H3,(H,43,50)(H,44,48)(H,45,49)/t29-,32+,33+,34-,36+/m1/s1. The number of aromatic nitrogens is 2. The molecule has 0 aliphatic carbocycles. The Bertz CT molecular complexity index is 1770. The summed E-state index contributed by atoms with van der Waals surface area (Å²) in [5.41, 5.74) is 1.43. The Morgan fingerprint density at radius 2 is 1.67 bits per heavy atom. The zero-order valence-corrected chi connectivity index (χ0v) is 30.9. The molecule has 5 rings (SSSR count). The van der Waals surface area contributed by atoms with Crippen molar-refractivity contribution in [2.24, 2.45) is 5.92 Å². The molecule has 1 saturated heterocycles. The van der Waals surface area contributed by atoms with Gasteiger partial charge in [0, 0.05) is 35.5 Å². The fraction of sp³-hybridized carbons (Fsp3) is 0.425. The van der Waals surface area contributed by atoms with Crippen LogP contribution in [0.4, 0.5) is 0 Å². The molecule has 0 saturated carbocycles. The minimum Gasteiger partial charge on any atom is -0.390 e. The normalized spacial score (nSPS) is 18.5. The lowest BCUT2D eigenvalue weighted by molar-refractivity contribution is -0.130. The van der Waals surface area contributed by atoms with Gasteiger partial charge in [-0.1, -0.05) is 74.5 Å². The summed E-state index contributed by atoms with van der Waals surface area (Å²) in [5.74, 6) is -1.18. The summed E-state index contributed by atoms with van der Waals surface area (Å²) in [6.45, 7) is 10.4. The van der Waals surface area contributed by atoms with E-state index < -0.39 is 41.6 Å². The van der Waals surface area contributed by atoms with Crippen molar-refractivity contribution < 1.29 is 19.5 Å². The van der Waals surface area contributed by atoms with E-state index >= 15 is 0 Å². The van der Waals surface area contributed by atoms with Gasteiger partial charge < -0.3 is 21.1 Å². The maximum atomic E-state index is 14.0. The first-order valence-electron chi connectivity index (χ1n) is 17.7. The van der Waals surface area contributed by atoms with E-state index in [1.165, 1.54) is 0 Å². The van der Waals surface area contributed by atoms with Crippen LogP contribution in [0.3, 0.4) is 0 Å². The first-order chi connectivity index (χ1) is 24.4. The molecule has 0 spiro atoms. The van der Waals surface area contributed by atoms with E-state index in [2.05, 4.69) is 25.9 Å². The van der Waals surface area contributed by atoms with Gasteiger partial charge in [0.1, 0.15) is 11.7 Å². The Hall–Kier alpha value is -4.32. The van der Waals surface area contributed by atoms with Crippen LogP contribution in [0, 0.1) is 5.92 Å². The molecule has 11 heteroatoms. The van der Waals surface area contributed by atoms with Crippen LogP contribution in [0.2, 0.25) is 0 Å². The van der Waals surface area contributed by atoms with Crippen LogP contribution in [-0.2, 0) is 16.0 Å². The number of likely N-dealkylation sites (tertiary alicyclic amines) is 1. The van der Waals surface area contributed by atoms with Crippen molar-refractivity contribution in [3.05, 3.63) is 102 Å². The average Bonchev–Trinajstić information content (AvgIpc) is 3.10. The van der Waals surface area contributed by atoms with Gasteiger partial charge in [-0.15, -0.1) is 11.8 Å². The van der Waals surface area contributed by atoms with Crippen LogP contribution < -0.4 is 16.0 Å². The van der Waals surface area contributed by atoms with Crippen molar-refractivity contribution in [3.8, 4) is 0 Å². The summed E-state index contributed by atoms with van der Waals surface area (Å²) in [5, 5.41) is 23.0. The Morgan fingerprint density at radius 1 is 0.941 bits per heavy atom. The maximum absolute atomic E-state index is 14.0. The summed E-state index contributed by atoms with van der Waals surface area (Å²) in [6, 6.07) is 24.5. The molecule has 2 aromatic carbocycles. The van der Waals surface area contributed by atoms with Gasteiger partial charge >= 0.3 is 0 Å². The van der Waals surface area contributed by atoms with Crippen LogP contribution in [0.1, 0.15) is 63.5 Å². The molecule has 4 N–H and O–H groups in total. The Kier molecular flexibility index (Phi) is 12.8. The second-order valence-electron chi connectivity index (χ2n) is 14.6. The van der Waals surface area contributed by atoms with Crippen molar-refractivity contribution in [2.75, 3.05) is 13.1 Å². The number of thioether (sulfide) groups is 1. The molecule has 0 unspecified atom stereocenters. The van der Waals surface area contributed by atoms with Crippen molar-refractivity contribution >= 4 is 40.4 Å². The maximum Gasteiger partial charge on any atom is 0.270 e. The molecular weight excluding hydrogens is 661 g/mol. The van der Waals surface area contributed by atoms with Crippen LogP contribution in [-0.4, -0.2) is 85.8 Å². The molecule has 0 radical (unpaired) electrons. The van der Waals surface area contributed by atoms with Gasteiger partial charge in [-0.2, -0.15) is 0 Å². The number of nitrogens with zero attached hydrogens (tertiary/aromatic N) is 3.